The van der Waals surface area contributed by atoms with Gasteiger partial charge < -0.3 is 9.47 Å². The number of ether oxygens (including phenoxy) is 2. The van der Waals surface area contributed by atoms with Gasteiger partial charge in [0.15, 0.2) is 5.82 Å². The second-order valence-corrected chi connectivity index (χ2v) is 5.23. The molecule has 6 nitrogen and oxygen atoms in total. The maximum Gasteiger partial charge on any atom is 0.210 e. The molecule has 0 bridgehead atoms. The first-order valence-electron chi connectivity index (χ1n) is 5.89. The van der Waals surface area contributed by atoms with Crippen molar-refractivity contribution in [3.05, 3.63) is 18.2 Å². The normalized spacial score (nSPS) is 11.7. The minimum atomic E-state index is -0.198. The molecule has 20 heavy (non-hydrogen) atoms. The lowest BCUT2D eigenvalue weighted by Gasteiger charge is -2.07. The van der Waals surface area contributed by atoms with Crippen molar-refractivity contribution in [3.63, 3.8) is 0 Å². The third-order valence-electron chi connectivity index (χ3n) is 2.59. The van der Waals surface area contributed by atoms with Crippen molar-refractivity contribution in [2.24, 2.45) is 0 Å². The van der Waals surface area contributed by atoms with Crippen LogP contribution in [0.5, 0.6) is 11.5 Å². The number of methoxy groups -OCH3 is 2. The Kier molecular flexibility index (Phi) is 4.48. The minimum Gasteiger partial charge on any atom is -0.497 e. The van der Waals surface area contributed by atoms with Gasteiger partial charge in [0.25, 0.3) is 0 Å². The molecule has 0 aliphatic rings. The number of H-pyrrole nitrogens is 1. The summed E-state index contributed by atoms with van der Waals surface area (Å²) in [6.45, 7) is 1.80. The van der Waals surface area contributed by atoms with Crippen molar-refractivity contribution < 1.29 is 9.47 Å². The van der Waals surface area contributed by atoms with Gasteiger partial charge >= 0.3 is 0 Å². The fourth-order valence-corrected chi connectivity index (χ4v) is 2.21. The van der Waals surface area contributed by atoms with E-state index in [0.29, 0.717) is 22.5 Å². The molecule has 0 saturated heterocycles. The number of nitrogens with one attached hydrogen (secondary N) is 1. The molecule has 1 heterocycles. The molecule has 1 unspecified atom stereocenters. The van der Waals surface area contributed by atoms with E-state index in [0.717, 1.165) is 5.56 Å². The van der Waals surface area contributed by atoms with Gasteiger partial charge in [0.1, 0.15) is 11.5 Å². The molecule has 0 saturated carbocycles. The summed E-state index contributed by atoms with van der Waals surface area (Å²) in [5, 5.41) is 16.1. The summed E-state index contributed by atoms with van der Waals surface area (Å²) in [6, 6.07) is 7.58. The molecule has 2 aromatic rings. The average Bonchev–Trinajstić information content (AvgIpc) is 2.94. The average molecular weight is 290 g/mol. The highest BCUT2D eigenvalue weighted by Crippen LogP contribution is 2.32. The van der Waals surface area contributed by atoms with E-state index in [1.165, 1.54) is 11.8 Å². The lowest BCUT2D eigenvalue weighted by atomic mass is 10.2. The van der Waals surface area contributed by atoms with Crippen LogP contribution in [0.1, 0.15) is 6.92 Å². The lowest BCUT2D eigenvalue weighted by molar-refractivity contribution is 0.395. The number of aromatic nitrogens is 3. The maximum absolute atomic E-state index is 8.79. The van der Waals surface area contributed by atoms with E-state index in [9.17, 15) is 0 Å². The Morgan fingerprint density at radius 1 is 1.35 bits per heavy atom. The van der Waals surface area contributed by atoms with Gasteiger partial charge in [-0.3, -0.25) is 5.10 Å². The highest BCUT2D eigenvalue weighted by atomic mass is 32.2. The van der Waals surface area contributed by atoms with E-state index in [1.54, 1.807) is 27.2 Å². The molecule has 1 aromatic heterocycles. The largest absolute Gasteiger partial charge is 0.497 e. The van der Waals surface area contributed by atoms with Gasteiger partial charge in [-0.05, 0) is 19.1 Å². The van der Waals surface area contributed by atoms with E-state index in [1.807, 2.05) is 12.1 Å². The summed E-state index contributed by atoms with van der Waals surface area (Å²) in [7, 11) is 3.18. The first-order valence-corrected chi connectivity index (χ1v) is 6.77. The lowest BCUT2D eigenvalue weighted by Crippen LogP contribution is -1.92. The third kappa shape index (κ3) is 3.03. The van der Waals surface area contributed by atoms with Crippen LogP contribution in [0.2, 0.25) is 0 Å². The zero-order chi connectivity index (χ0) is 14.5. The molecule has 7 heteroatoms. The van der Waals surface area contributed by atoms with Crippen LogP contribution in [0.3, 0.4) is 0 Å². The number of nitriles is 1. The van der Waals surface area contributed by atoms with Crippen LogP contribution in [0, 0.1) is 11.3 Å². The Balaban J connectivity index is 2.30. The standard InChI is InChI=1S/C13H14N4O2S/c1-8(7-14)20-13-15-12(16-17-13)10-5-4-9(18-2)6-11(10)19-3/h4-6,8H,1-3H3,(H,15,16,17). The van der Waals surface area contributed by atoms with E-state index >= 15 is 0 Å². The van der Waals surface area contributed by atoms with Gasteiger partial charge in [-0.2, -0.15) is 5.26 Å². The van der Waals surface area contributed by atoms with Crippen LogP contribution in [0.4, 0.5) is 0 Å². The minimum absolute atomic E-state index is 0.198. The second-order valence-electron chi connectivity index (χ2n) is 3.92. The predicted molar refractivity (Wildman–Crippen MR) is 75.9 cm³/mol. The number of hydrogen-bond donors (Lipinski definition) is 1. The molecule has 104 valence electrons. The number of nitrogens with zero attached hydrogens (tertiary/aromatic N) is 3. The monoisotopic (exact) mass is 290 g/mol. The number of thioether (sulfide) groups is 1. The third-order valence-corrected chi connectivity index (χ3v) is 3.45. The maximum atomic E-state index is 8.79. The van der Waals surface area contributed by atoms with Crippen LogP contribution in [0.25, 0.3) is 11.4 Å². The fourth-order valence-electron chi connectivity index (χ4n) is 1.60. The quantitative estimate of drug-likeness (QED) is 0.852. The number of aromatic amines is 1. The fraction of sp³-hybridized carbons (Fsp3) is 0.308. The van der Waals surface area contributed by atoms with Gasteiger partial charge in [-0.25, -0.2) is 4.98 Å². The van der Waals surface area contributed by atoms with Gasteiger partial charge in [0, 0.05) is 6.07 Å². The molecule has 1 N–H and O–H groups in total. The molecule has 0 spiro atoms. The first-order chi connectivity index (χ1) is 9.67. The number of hydrogen-bond acceptors (Lipinski definition) is 6. The Bertz CT molecular complexity index is 636. The summed E-state index contributed by atoms with van der Waals surface area (Å²) in [5.41, 5.74) is 0.789. The van der Waals surface area contributed by atoms with Crippen LogP contribution < -0.4 is 9.47 Å². The highest BCUT2D eigenvalue weighted by molar-refractivity contribution is 8.00. The summed E-state index contributed by atoms with van der Waals surface area (Å²) < 4.78 is 10.5. The Morgan fingerprint density at radius 2 is 2.15 bits per heavy atom. The zero-order valence-electron chi connectivity index (χ0n) is 11.4. The summed E-state index contributed by atoms with van der Waals surface area (Å²) >= 11 is 1.30. The molecule has 0 fully saturated rings. The summed E-state index contributed by atoms with van der Waals surface area (Å²) in [6.07, 6.45) is 0. The van der Waals surface area contributed by atoms with Crippen molar-refractivity contribution in [2.75, 3.05) is 14.2 Å². The van der Waals surface area contributed by atoms with Crippen molar-refractivity contribution >= 4 is 11.8 Å². The summed E-state index contributed by atoms with van der Waals surface area (Å²) in [5.74, 6) is 1.94. The molecular formula is C13H14N4O2S. The topological polar surface area (TPSA) is 83.8 Å². The van der Waals surface area contributed by atoms with E-state index in [4.69, 9.17) is 14.7 Å². The molecule has 2 rings (SSSR count). The van der Waals surface area contributed by atoms with Crippen LogP contribution in [-0.4, -0.2) is 34.7 Å². The van der Waals surface area contributed by atoms with E-state index < -0.39 is 0 Å². The zero-order valence-corrected chi connectivity index (χ0v) is 12.2. The van der Waals surface area contributed by atoms with Crippen molar-refractivity contribution in [1.82, 2.24) is 15.2 Å². The van der Waals surface area contributed by atoms with Crippen LogP contribution in [-0.2, 0) is 0 Å². The smallest absolute Gasteiger partial charge is 0.210 e. The molecule has 1 aromatic carbocycles. The molecular weight excluding hydrogens is 276 g/mol. The Morgan fingerprint density at radius 3 is 2.80 bits per heavy atom. The number of benzene rings is 1. The first kappa shape index (κ1) is 14.2. The van der Waals surface area contributed by atoms with Gasteiger partial charge in [0.2, 0.25) is 5.16 Å². The van der Waals surface area contributed by atoms with Crippen LogP contribution in [0.15, 0.2) is 23.4 Å². The molecule has 0 amide bonds. The van der Waals surface area contributed by atoms with E-state index in [2.05, 4.69) is 21.3 Å². The number of rotatable bonds is 5. The van der Waals surface area contributed by atoms with E-state index in [-0.39, 0.29) is 5.25 Å². The van der Waals surface area contributed by atoms with Crippen molar-refractivity contribution in [1.29, 1.82) is 5.26 Å². The highest BCUT2D eigenvalue weighted by Gasteiger charge is 2.13. The Hall–Kier alpha value is -2.20. The van der Waals surface area contributed by atoms with Crippen molar-refractivity contribution in [3.8, 4) is 29.0 Å². The molecule has 0 aliphatic heterocycles. The SMILES string of the molecule is COc1ccc(-c2nc(SC(C)C#N)n[nH]2)c(OC)c1. The van der Waals surface area contributed by atoms with Crippen molar-refractivity contribution in [2.45, 2.75) is 17.3 Å². The van der Waals surface area contributed by atoms with Gasteiger partial charge in [-0.15, -0.1) is 5.10 Å². The van der Waals surface area contributed by atoms with Gasteiger partial charge in [0.05, 0.1) is 31.1 Å². The Labute approximate surface area is 121 Å². The van der Waals surface area contributed by atoms with Crippen LogP contribution >= 0.6 is 11.8 Å². The predicted octanol–water partition coefficient (Wildman–Crippen LogP) is 2.49. The van der Waals surface area contributed by atoms with Gasteiger partial charge in [-0.1, -0.05) is 11.8 Å². The second kappa shape index (κ2) is 6.30. The summed E-state index contributed by atoms with van der Waals surface area (Å²) in [4.78, 5) is 4.36. The molecule has 0 radical (unpaired) electrons. The molecule has 0 aliphatic carbocycles. The molecule has 1 atom stereocenters.